The summed E-state index contributed by atoms with van der Waals surface area (Å²) in [7, 11) is 0. The summed E-state index contributed by atoms with van der Waals surface area (Å²) in [4.78, 5) is 15.7. The second-order valence-corrected chi connectivity index (χ2v) is 8.06. The van der Waals surface area contributed by atoms with Gasteiger partial charge in [-0.1, -0.05) is 14.8 Å². The van der Waals surface area contributed by atoms with E-state index >= 15 is 0 Å². The average molecular weight is 401 g/mol. The van der Waals surface area contributed by atoms with E-state index in [1.54, 1.807) is 0 Å². The number of hydrogen-bond acceptors (Lipinski definition) is 8. The predicted octanol–water partition coefficient (Wildman–Crippen LogP) is 3.45. The fourth-order valence-electron chi connectivity index (χ4n) is 3.78. The molecule has 1 atom stereocenters. The van der Waals surface area contributed by atoms with Crippen molar-refractivity contribution in [3.05, 3.63) is 34.5 Å². The Morgan fingerprint density at radius 3 is 2.86 bits per heavy atom. The van der Waals surface area contributed by atoms with Crippen LogP contribution >= 0.6 is 11.5 Å². The van der Waals surface area contributed by atoms with Gasteiger partial charge in [0.2, 0.25) is 5.91 Å². The van der Waals surface area contributed by atoms with E-state index in [4.69, 9.17) is 9.05 Å². The maximum atomic E-state index is 12.8. The average Bonchev–Trinajstić information content (AvgIpc) is 3.41. The molecule has 0 spiro atoms. The first kappa shape index (κ1) is 18.8. The fraction of sp³-hybridized carbons (Fsp3) is 0.526. The van der Waals surface area contributed by atoms with Gasteiger partial charge in [-0.2, -0.15) is 0 Å². The monoisotopic (exact) mass is 401 g/mol. The molecule has 3 aromatic heterocycles. The Hall–Kier alpha value is -2.55. The van der Waals surface area contributed by atoms with E-state index in [1.807, 2.05) is 31.7 Å². The van der Waals surface area contributed by atoms with Crippen molar-refractivity contribution in [3.63, 3.8) is 0 Å². The molecule has 0 N–H and O–H groups in total. The largest absolute Gasteiger partial charge is 0.361 e. The number of aryl methyl sites for hydroxylation is 3. The first-order valence-corrected chi connectivity index (χ1v) is 10.3. The van der Waals surface area contributed by atoms with Crippen molar-refractivity contribution >= 4 is 17.4 Å². The van der Waals surface area contributed by atoms with Gasteiger partial charge in [-0.25, -0.2) is 0 Å². The van der Waals surface area contributed by atoms with Crippen molar-refractivity contribution in [2.75, 3.05) is 13.1 Å². The van der Waals surface area contributed by atoms with E-state index in [9.17, 15) is 4.79 Å². The van der Waals surface area contributed by atoms with Gasteiger partial charge in [-0.3, -0.25) is 4.79 Å². The third-order valence-electron chi connectivity index (χ3n) is 5.30. The molecule has 4 rings (SSSR count). The summed E-state index contributed by atoms with van der Waals surface area (Å²) in [6, 6.07) is 1.90. The zero-order valence-electron chi connectivity index (χ0n) is 16.3. The zero-order valence-corrected chi connectivity index (χ0v) is 17.1. The van der Waals surface area contributed by atoms with Crippen LogP contribution in [0.4, 0.5) is 0 Å². The molecule has 0 aromatic carbocycles. The molecule has 3 aromatic rings. The Labute approximate surface area is 167 Å². The number of nitrogens with zero attached hydrogens (tertiary/aromatic N) is 5. The van der Waals surface area contributed by atoms with Crippen molar-refractivity contribution in [2.24, 2.45) is 0 Å². The topological polar surface area (TPSA) is 98.2 Å². The van der Waals surface area contributed by atoms with Crippen molar-refractivity contribution in [3.8, 4) is 10.6 Å². The fourth-order valence-corrected chi connectivity index (χ4v) is 4.48. The summed E-state index contributed by atoms with van der Waals surface area (Å²) in [6.45, 7) is 7.13. The van der Waals surface area contributed by atoms with E-state index in [1.165, 1.54) is 11.5 Å². The van der Waals surface area contributed by atoms with Crippen LogP contribution in [0.25, 0.3) is 10.6 Å². The summed E-state index contributed by atoms with van der Waals surface area (Å²) >= 11 is 1.32. The smallest absolute Gasteiger partial charge is 0.222 e. The minimum Gasteiger partial charge on any atom is -0.361 e. The first-order valence-electron chi connectivity index (χ1n) is 9.48. The van der Waals surface area contributed by atoms with Crippen LogP contribution in [0.2, 0.25) is 0 Å². The highest BCUT2D eigenvalue weighted by molar-refractivity contribution is 7.09. The number of hydrogen-bond donors (Lipinski definition) is 0. The lowest BCUT2D eigenvalue weighted by Crippen LogP contribution is -2.39. The zero-order chi connectivity index (χ0) is 19.7. The molecule has 1 fully saturated rings. The van der Waals surface area contributed by atoms with Gasteiger partial charge in [0.05, 0.1) is 17.1 Å². The van der Waals surface area contributed by atoms with Crippen LogP contribution in [0.3, 0.4) is 0 Å². The molecule has 4 heterocycles. The third-order valence-corrected chi connectivity index (χ3v) is 6.05. The van der Waals surface area contributed by atoms with Gasteiger partial charge in [-0.15, -0.1) is 5.10 Å². The minimum absolute atomic E-state index is 0.157. The van der Waals surface area contributed by atoms with Crippen LogP contribution in [-0.2, 0) is 11.2 Å². The van der Waals surface area contributed by atoms with Crippen LogP contribution in [-0.4, -0.2) is 43.8 Å². The molecular weight excluding hydrogens is 378 g/mol. The summed E-state index contributed by atoms with van der Waals surface area (Å²) in [5, 5.41) is 12.3. The van der Waals surface area contributed by atoms with Crippen LogP contribution < -0.4 is 0 Å². The van der Waals surface area contributed by atoms with E-state index in [0.29, 0.717) is 25.1 Å². The van der Waals surface area contributed by atoms with Crippen LogP contribution in [0.5, 0.6) is 0 Å². The number of rotatable bonds is 5. The Morgan fingerprint density at radius 2 is 2.14 bits per heavy atom. The Balaban J connectivity index is 1.44. The highest BCUT2D eigenvalue weighted by Gasteiger charge is 2.30. The molecule has 0 radical (unpaired) electrons. The SMILES string of the molecule is Cc1cc(-c2snnc2[C@H]2CCCN(C(=O)CCc3c(C)noc3C)C2)on1. The highest BCUT2D eigenvalue weighted by Crippen LogP contribution is 2.35. The van der Waals surface area contributed by atoms with Crippen LogP contribution in [0, 0.1) is 20.8 Å². The van der Waals surface area contributed by atoms with E-state index < -0.39 is 0 Å². The number of amides is 1. The Kier molecular flexibility index (Phi) is 5.25. The van der Waals surface area contributed by atoms with Crippen LogP contribution in [0.1, 0.15) is 53.6 Å². The summed E-state index contributed by atoms with van der Waals surface area (Å²) in [5.74, 6) is 1.81. The lowest BCUT2D eigenvalue weighted by atomic mass is 9.93. The standard InChI is InChI=1S/C19H23N5O3S/c1-11-9-16(27-21-11)19-18(20-23-28-19)14-5-4-8-24(10-14)17(25)7-6-15-12(2)22-26-13(15)3/h9,14H,4-8,10H2,1-3H3/t14-/m0/s1. The summed E-state index contributed by atoms with van der Waals surface area (Å²) < 4.78 is 14.7. The molecule has 9 heteroatoms. The number of piperidine rings is 1. The van der Waals surface area contributed by atoms with Gasteiger partial charge in [-0.05, 0) is 51.6 Å². The van der Waals surface area contributed by atoms with Gasteiger partial charge < -0.3 is 13.9 Å². The molecule has 1 amide bonds. The molecule has 0 saturated carbocycles. The number of carbonyl (C=O) groups is 1. The van der Waals surface area contributed by atoms with Crippen molar-refractivity contribution < 1.29 is 13.8 Å². The summed E-state index contributed by atoms with van der Waals surface area (Å²) in [5.41, 5.74) is 3.63. The maximum absolute atomic E-state index is 12.8. The summed E-state index contributed by atoms with van der Waals surface area (Å²) in [6.07, 6.45) is 3.05. The second-order valence-electron chi connectivity index (χ2n) is 7.30. The quantitative estimate of drug-likeness (QED) is 0.646. The van der Waals surface area contributed by atoms with Gasteiger partial charge >= 0.3 is 0 Å². The van der Waals surface area contributed by atoms with Crippen LogP contribution in [0.15, 0.2) is 15.1 Å². The van der Waals surface area contributed by atoms with E-state index in [-0.39, 0.29) is 11.8 Å². The number of carbonyl (C=O) groups excluding carboxylic acids is 1. The molecule has 0 unspecified atom stereocenters. The highest BCUT2D eigenvalue weighted by atomic mass is 32.1. The third kappa shape index (κ3) is 3.71. The van der Waals surface area contributed by atoms with E-state index in [0.717, 1.165) is 52.7 Å². The molecule has 148 valence electrons. The first-order chi connectivity index (χ1) is 13.5. The molecule has 1 aliphatic rings. The van der Waals surface area contributed by atoms with Gasteiger partial charge in [0, 0.05) is 37.1 Å². The Morgan fingerprint density at radius 1 is 1.29 bits per heavy atom. The van der Waals surface area contributed by atoms with E-state index in [2.05, 4.69) is 19.9 Å². The lowest BCUT2D eigenvalue weighted by molar-refractivity contribution is -0.132. The number of aromatic nitrogens is 4. The van der Waals surface area contributed by atoms with Gasteiger partial charge in [0.15, 0.2) is 5.76 Å². The van der Waals surface area contributed by atoms with Gasteiger partial charge in [0.1, 0.15) is 10.6 Å². The maximum Gasteiger partial charge on any atom is 0.222 e. The molecular formula is C19H23N5O3S. The number of likely N-dealkylation sites (tertiary alicyclic amines) is 1. The second kappa shape index (κ2) is 7.83. The molecule has 28 heavy (non-hydrogen) atoms. The molecule has 8 nitrogen and oxygen atoms in total. The normalized spacial score (nSPS) is 17.2. The van der Waals surface area contributed by atoms with Crippen molar-refractivity contribution in [1.29, 1.82) is 0 Å². The van der Waals surface area contributed by atoms with Crippen molar-refractivity contribution in [1.82, 2.24) is 24.8 Å². The Bertz CT molecular complexity index is 957. The minimum atomic E-state index is 0.157. The predicted molar refractivity (Wildman–Crippen MR) is 103 cm³/mol. The van der Waals surface area contributed by atoms with Crippen molar-refractivity contribution in [2.45, 2.75) is 52.4 Å². The molecule has 0 aliphatic carbocycles. The van der Waals surface area contributed by atoms with Gasteiger partial charge in [0.25, 0.3) is 0 Å². The lowest BCUT2D eigenvalue weighted by Gasteiger charge is -2.32. The molecule has 0 bridgehead atoms. The molecule has 1 aliphatic heterocycles. The molecule has 1 saturated heterocycles.